The highest BCUT2D eigenvalue weighted by Gasteiger charge is 2.05. The van der Waals surface area contributed by atoms with Crippen molar-refractivity contribution in [2.75, 3.05) is 0 Å². The van der Waals surface area contributed by atoms with E-state index in [2.05, 4.69) is 0 Å². The fourth-order valence-electron chi connectivity index (χ4n) is 1.51. The van der Waals surface area contributed by atoms with Crippen LogP contribution < -0.4 is 0 Å². The van der Waals surface area contributed by atoms with Gasteiger partial charge in [0.2, 0.25) is 0 Å². The third kappa shape index (κ3) is 3.00. The number of carbonyl (C=O) groups excluding carboxylic acids is 1. The quantitative estimate of drug-likeness (QED) is 0.793. The number of halogens is 1. The molecular formula is C13H11FOS. The molecule has 0 radical (unpaired) electrons. The largest absolute Gasteiger partial charge is 0.299 e. The molecule has 0 bridgehead atoms. The molecule has 1 nitrogen and oxygen atoms in total. The van der Waals surface area contributed by atoms with E-state index in [1.54, 1.807) is 23.5 Å². The first-order valence-corrected chi connectivity index (χ1v) is 5.95. The van der Waals surface area contributed by atoms with Crippen molar-refractivity contribution in [2.24, 2.45) is 0 Å². The molecule has 0 saturated heterocycles. The highest BCUT2D eigenvalue weighted by molar-refractivity contribution is 7.07. The van der Waals surface area contributed by atoms with Gasteiger partial charge in [-0.25, -0.2) is 4.39 Å². The van der Waals surface area contributed by atoms with Gasteiger partial charge in [0.1, 0.15) is 11.6 Å². The van der Waals surface area contributed by atoms with Crippen molar-refractivity contribution in [1.82, 2.24) is 0 Å². The Labute approximate surface area is 97.6 Å². The average molecular weight is 234 g/mol. The molecule has 2 rings (SSSR count). The van der Waals surface area contributed by atoms with E-state index in [0.717, 1.165) is 11.1 Å². The van der Waals surface area contributed by atoms with E-state index in [0.29, 0.717) is 12.8 Å². The summed E-state index contributed by atoms with van der Waals surface area (Å²) in [4.78, 5) is 11.7. The number of rotatable bonds is 4. The van der Waals surface area contributed by atoms with Crippen LogP contribution in [0.3, 0.4) is 0 Å². The number of Topliss-reactive ketones (excluding diaryl/α,β-unsaturated/α-hetero) is 1. The minimum absolute atomic E-state index is 0.157. The predicted octanol–water partition coefficient (Wildman–Crippen LogP) is 3.24. The van der Waals surface area contributed by atoms with Crippen molar-refractivity contribution in [3.05, 3.63) is 58.0 Å². The minimum Gasteiger partial charge on any atom is -0.299 e. The zero-order valence-corrected chi connectivity index (χ0v) is 9.47. The molecule has 3 heteroatoms. The van der Waals surface area contributed by atoms with Gasteiger partial charge in [-0.2, -0.15) is 11.3 Å². The summed E-state index contributed by atoms with van der Waals surface area (Å²) in [6.45, 7) is 0. The summed E-state index contributed by atoms with van der Waals surface area (Å²) in [7, 11) is 0. The molecule has 0 aliphatic rings. The monoisotopic (exact) mass is 234 g/mol. The van der Waals surface area contributed by atoms with Gasteiger partial charge in [-0.3, -0.25) is 4.79 Å². The smallest absolute Gasteiger partial charge is 0.141 e. The summed E-state index contributed by atoms with van der Waals surface area (Å²) in [5.41, 5.74) is 1.92. The maximum absolute atomic E-state index is 12.6. The first kappa shape index (κ1) is 11.0. The van der Waals surface area contributed by atoms with Gasteiger partial charge in [-0.05, 0) is 40.1 Å². The first-order chi connectivity index (χ1) is 7.74. The lowest BCUT2D eigenvalue weighted by Gasteiger charge is -2.00. The third-order valence-electron chi connectivity index (χ3n) is 2.30. The lowest BCUT2D eigenvalue weighted by molar-refractivity contribution is -0.117. The third-order valence-corrected chi connectivity index (χ3v) is 3.03. The zero-order valence-electron chi connectivity index (χ0n) is 8.65. The molecule has 0 saturated carbocycles. The van der Waals surface area contributed by atoms with E-state index >= 15 is 0 Å². The fraction of sp³-hybridized carbons (Fsp3) is 0.154. The molecule has 0 fully saturated rings. The Morgan fingerprint density at radius 2 is 1.75 bits per heavy atom. The highest BCUT2D eigenvalue weighted by Crippen LogP contribution is 2.10. The highest BCUT2D eigenvalue weighted by atomic mass is 32.1. The van der Waals surface area contributed by atoms with Crippen LogP contribution in [0, 0.1) is 5.82 Å². The number of thiophene rings is 1. The van der Waals surface area contributed by atoms with Gasteiger partial charge in [0, 0.05) is 12.8 Å². The average Bonchev–Trinajstić information content (AvgIpc) is 2.74. The number of carbonyl (C=O) groups is 1. The van der Waals surface area contributed by atoms with Crippen LogP contribution in [-0.2, 0) is 17.6 Å². The maximum atomic E-state index is 12.6. The van der Waals surface area contributed by atoms with Gasteiger partial charge in [0.25, 0.3) is 0 Å². The lowest BCUT2D eigenvalue weighted by Crippen LogP contribution is -2.05. The van der Waals surface area contributed by atoms with Crippen molar-refractivity contribution < 1.29 is 9.18 Å². The summed E-state index contributed by atoms with van der Waals surface area (Å²) < 4.78 is 12.6. The summed E-state index contributed by atoms with van der Waals surface area (Å²) in [5, 5.41) is 3.93. The van der Waals surface area contributed by atoms with Crippen molar-refractivity contribution >= 4 is 17.1 Å². The second kappa shape index (κ2) is 5.03. The Hall–Kier alpha value is -1.48. The summed E-state index contributed by atoms with van der Waals surface area (Å²) >= 11 is 1.59. The summed E-state index contributed by atoms with van der Waals surface area (Å²) in [5.74, 6) is -0.112. The molecule has 1 aromatic heterocycles. The standard InChI is InChI=1S/C13H11FOS/c14-12-3-1-10(2-4-12)7-13(15)8-11-5-6-16-9-11/h1-6,9H,7-8H2. The van der Waals surface area contributed by atoms with Gasteiger partial charge in [-0.15, -0.1) is 0 Å². The molecule has 82 valence electrons. The Balaban J connectivity index is 1.95. The van der Waals surface area contributed by atoms with Gasteiger partial charge in [-0.1, -0.05) is 12.1 Å². The zero-order chi connectivity index (χ0) is 11.4. The van der Waals surface area contributed by atoms with E-state index in [4.69, 9.17) is 0 Å². The van der Waals surface area contributed by atoms with Crippen molar-refractivity contribution in [3.63, 3.8) is 0 Å². The number of benzene rings is 1. The first-order valence-electron chi connectivity index (χ1n) is 5.01. The van der Waals surface area contributed by atoms with Crippen molar-refractivity contribution in [3.8, 4) is 0 Å². The van der Waals surface area contributed by atoms with Crippen molar-refractivity contribution in [1.29, 1.82) is 0 Å². The van der Waals surface area contributed by atoms with Gasteiger partial charge in [0.05, 0.1) is 0 Å². The molecule has 0 amide bonds. The Morgan fingerprint density at radius 1 is 1.06 bits per heavy atom. The van der Waals surface area contributed by atoms with Crippen LogP contribution in [0.2, 0.25) is 0 Å². The maximum Gasteiger partial charge on any atom is 0.141 e. The van der Waals surface area contributed by atoms with E-state index < -0.39 is 0 Å². The predicted molar refractivity (Wildman–Crippen MR) is 63.1 cm³/mol. The topological polar surface area (TPSA) is 17.1 Å². The molecule has 0 aliphatic heterocycles. The van der Waals surface area contributed by atoms with E-state index in [-0.39, 0.29) is 11.6 Å². The molecule has 0 atom stereocenters. The molecule has 1 aromatic carbocycles. The van der Waals surface area contributed by atoms with Crippen LogP contribution in [-0.4, -0.2) is 5.78 Å². The van der Waals surface area contributed by atoms with Crippen molar-refractivity contribution in [2.45, 2.75) is 12.8 Å². The molecule has 0 aliphatic carbocycles. The minimum atomic E-state index is -0.269. The molecule has 0 N–H and O–H groups in total. The Kier molecular flexibility index (Phi) is 3.47. The SMILES string of the molecule is O=C(Cc1ccc(F)cc1)Cc1ccsc1. The van der Waals surface area contributed by atoms with E-state index in [9.17, 15) is 9.18 Å². The second-order valence-electron chi connectivity index (χ2n) is 3.65. The van der Waals surface area contributed by atoms with Gasteiger partial charge >= 0.3 is 0 Å². The number of hydrogen-bond donors (Lipinski definition) is 0. The van der Waals surface area contributed by atoms with Crippen LogP contribution in [0.4, 0.5) is 4.39 Å². The number of ketones is 1. The summed E-state index contributed by atoms with van der Waals surface area (Å²) in [6.07, 6.45) is 0.830. The normalized spacial score (nSPS) is 10.3. The van der Waals surface area contributed by atoms with Gasteiger partial charge in [0.15, 0.2) is 0 Å². The Bertz CT molecular complexity index is 459. The Morgan fingerprint density at radius 3 is 2.38 bits per heavy atom. The number of hydrogen-bond acceptors (Lipinski definition) is 2. The van der Waals surface area contributed by atoms with E-state index in [1.807, 2.05) is 16.8 Å². The molecule has 0 spiro atoms. The molecule has 16 heavy (non-hydrogen) atoms. The molecule has 0 unspecified atom stereocenters. The molecule has 1 heterocycles. The van der Waals surface area contributed by atoms with E-state index in [1.165, 1.54) is 12.1 Å². The molecule has 2 aromatic rings. The van der Waals surface area contributed by atoms with Gasteiger partial charge < -0.3 is 0 Å². The van der Waals surface area contributed by atoms with Crippen LogP contribution in [0.1, 0.15) is 11.1 Å². The van der Waals surface area contributed by atoms with Crippen LogP contribution in [0.25, 0.3) is 0 Å². The van der Waals surface area contributed by atoms with Crippen LogP contribution in [0.15, 0.2) is 41.1 Å². The molecular weight excluding hydrogens is 223 g/mol. The lowest BCUT2D eigenvalue weighted by atomic mass is 10.0. The summed E-state index contributed by atoms with van der Waals surface area (Å²) in [6, 6.07) is 8.02. The van der Waals surface area contributed by atoms with Crippen LogP contribution >= 0.6 is 11.3 Å². The second-order valence-corrected chi connectivity index (χ2v) is 4.43. The van der Waals surface area contributed by atoms with Crippen LogP contribution in [0.5, 0.6) is 0 Å². The fourth-order valence-corrected chi connectivity index (χ4v) is 2.18.